The minimum absolute atomic E-state index is 0.00433. The summed E-state index contributed by atoms with van der Waals surface area (Å²) >= 11 is 0. The standard InChI is InChI=1S/C9H11F5NS2/c1-3-15(4-2)7-5(10)6(16-17-7)9(13,14)8(11)12/h8H,3-4H2,1-2H3/q+1. The van der Waals surface area contributed by atoms with Crippen LogP contribution in [0.5, 0.6) is 0 Å². The Kier molecular flexibility index (Phi) is 4.65. The van der Waals surface area contributed by atoms with Crippen LogP contribution in [-0.4, -0.2) is 19.5 Å². The molecule has 0 spiro atoms. The van der Waals surface area contributed by atoms with E-state index in [4.69, 9.17) is 0 Å². The first-order valence-electron chi connectivity index (χ1n) is 4.89. The van der Waals surface area contributed by atoms with Crippen molar-refractivity contribution in [2.24, 2.45) is 0 Å². The fourth-order valence-corrected chi connectivity index (χ4v) is 3.97. The molecule has 1 rings (SSSR count). The van der Waals surface area contributed by atoms with Gasteiger partial charge in [-0.3, -0.25) is 0 Å². The van der Waals surface area contributed by atoms with Crippen LogP contribution in [0.15, 0.2) is 0 Å². The van der Waals surface area contributed by atoms with Crippen LogP contribution in [-0.2, 0) is 5.92 Å². The lowest BCUT2D eigenvalue weighted by Gasteiger charge is -2.11. The molecule has 0 fully saturated rings. The molecule has 8 heteroatoms. The normalized spacial score (nSPS) is 12.2. The lowest BCUT2D eigenvalue weighted by molar-refractivity contribution is -0.134. The zero-order valence-electron chi connectivity index (χ0n) is 9.15. The molecule has 1 aromatic heterocycles. The molecule has 0 saturated heterocycles. The third-order valence-corrected chi connectivity index (χ3v) is 4.74. The second-order valence-corrected chi connectivity index (χ2v) is 5.34. The smallest absolute Gasteiger partial charge is 0.218 e. The first-order valence-corrected chi connectivity index (χ1v) is 7.04. The predicted molar refractivity (Wildman–Crippen MR) is 58.4 cm³/mol. The molecule has 0 aromatic carbocycles. The van der Waals surface area contributed by atoms with Gasteiger partial charge in [0.2, 0.25) is 5.82 Å². The molecule has 0 amide bonds. The van der Waals surface area contributed by atoms with Crippen molar-refractivity contribution < 1.29 is 22.0 Å². The summed E-state index contributed by atoms with van der Waals surface area (Å²) in [6, 6.07) is 0. The van der Waals surface area contributed by atoms with Crippen molar-refractivity contribution in [3.05, 3.63) is 15.4 Å². The molecule has 0 atom stereocenters. The first kappa shape index (κ1) is 14.6. The molecule has 0 aliphatic rings. The first-order chi connectivity index (χ1) is 7.86. The number of halogens is 5. The Morgan fingerprint density at radius 1 is 1.18 bits per heavy atom. The summed E-state index contributed by atoms with van der Waals surface area (Å²) in [5.74, 6) is -5.65. The van der Waals surface area contributed by atoms with Crippen LogP contribution >= 0.6 is 20.7 Å². The number of nitrogens with zero attached hydrogens (tertiary/aromatic N) is 1. The van der Waals surface area contributed by atoms with Crippen molar-refractivity contribution in [1.29, 1.82) is 0 Å². The SMILES string of the molecule is CC[N+](CC)=c1ssc(C(F)(F)C(F)F)c1F. The van der Waals surface area contributed by atoms with E-state index < -0.39 is 23.0 Å². The molecule has 1 heterocycles. The minimum atomic E-state index is -4.42. The highest BCUT2D eigenvalue weighted by molar-refractivity contribution is 7.68. The van der Waals surface area contributed by atoms with Crippen LogP contribution in [0, 0.1) is 5.82 Å². The summed E-state index contributed by atoms with van der Waals surface area (Å²) in [4.78, 5) is -1.18. The molecule has 0 saturated carbocycles. The Bertz CT molecular complexity index is 442. The molecule has 17 heavy (non-hydrogen) atoms. The minimum Gasteiger partial charge on any atom is -0.218 e. The van der Waals surface area contributed by atoms with Gasteiger partial charge in [-0.05, 0) is 24.2 Å². The number of hydrogen-bond donors (Lipinski definition) is 0. The third kappa shape index (κ3) is 2.67. The largest absolute Gasteiger partial charge is 0.345 e. The molecule has 0 radical (unpaired) electrons. The lowest BCUT2D eigenvalue weighted by Crippen LogP contribution is -2.31. The number of rotatable bonds is 4. The van der Waals surface area contributed by atoms with Crippen LogP contribution in [0.1, 0.15) is 18.7 Å². The van der Waals surface area contributed by atoms with E-state index in [1.165, 1.54) is 4.58 Å². The van der Waals surface area contributed by atoms with Gasteiger partial charge in [0.15, 0.2) is 0 Å². The molecule has 0 aliphatic heterocycles. The molecule has 0 bridgehead atoms. The molecule has 0 aliphatic carbocycles. The Balaban J connectivity index is 3.39. The van der Waals surface area contributed by atoms with E-state index in [0.717, 1.165) is 10.3 Å². The van der Waals surface area contributed by atoms with Gasteiger partial charge in [-0.2, -0.15) is 13.2 Å². The average molecular weight is 292 g/mol. The second-order valence-electron chi connectivity index (χ2n) is 3.21. The van der Waals surface area contributed by atoms with Crippen molar-refractivity contribution in [2.45, 2.75) is 26.2 Å². The van der Waals surface area contributed by atoms with Gasteiger partial charge in [0.1, 0.15) is 18.0 Å². The zero-order valence-corrected chi connectivity index (χ0v) is 10.8. The van der Waals surface area contributed by atoms with Crippen molar-refractivity contribution in [3.8, 4) is 0 Å². The summed E-state index contributed by atoms with van der Waals surface area (Å²) in [5, 5.41) is 0. The van der Waals surface area contributed by atoms with Gasteiger partial charge in [-0.25, -0.2) is 13.4 Å². The van der Waals surface area contributed by atoms with Gasteiger partial charge in [-0.15, -0.1) is 0 Å². The molecule has 0 unspecified atom stereocenters. The number of alkyl halides is 4. The van der Waals surface area contributed by atoms with Crippen LogP contribution in [0.3, 0.4) is 0 Å². The number of hydrogen-bond acceptors (Lipinski definition) is 2. The van der Waals surface area contributed by atoms with Gasteiger partial charge >= 0.3 is 17.0 Å². The maximum absolute atomic E-state index is 13.7. The summed E-state index contributed by atoms with van der Waals surface area (Å²) in [5.41, 5.74) is 0. The molecule has 98 valence electrons. The Morgan fingerprint density at radius 3 is 2.12 bits per heavy atom. The summed E-state index contributed by atoms with van der Waals surface area (Å²) < 4.78 is 65.5. The topological polar surface area (TPSA) is 3.01 Å². The van der Waals surface area contributed by atoms with Gasteiger partial charge < -0.3 is 0 Å². The maximum Gasteiger partial charge on any atom is 0.345 e. The summed E-state index contributed by atoms with van der Waals surface area (Å²) in [6.45, 7) is 4.33. The van der Waals surface area contributed by atoms with Crippen molar-refractivity contribution in [2.75, 3.05) is 13.1 Å². The fraction of sp³-hybridized carbons (Fsp3) is 0.667. The highest BCUT2D eigenvalue weighted by atomic mass is 32.9. The third-order valence-electron chi connectivity index (χ3n) is 2.22. The highest BCUT2D eigenvalue weighted by Crippen LogP contribution is 2.38. The van der Waals surface area contributed by atoms with E-state index in [-0.39, 0.29) is 4.67 Å². The van der Waals surface area contributed by atoms with Gasteiger partial charge in [-0.1, -0.05) is 10.3 Å². The fourth-order valence-electron chi connectivity index (χ4n) is 1.25. The van der Waals surface area contributed by atoms with Gasteiger partial charge in [0, 0.05) is 0 Å². The maximum atomic E-state index is 13.7. The lowest BCUT2D eigenvalue weighted by atomic mass is 10.3. The molecular formula is C9H11F5NS2+. The van der Waals surface area contributed by atoms with E-state index in [1.54, 1.807) is 13.8 Å². The highest BCUT2D eigenvalue weighted by Gasteiger charge is 2.47. The quantitative estimate of drug-likeness (QED) is 0.456. The molecule has 0 N–H and O–H groups in total. The average Bonchev–Trinajstić information content (AvgIpc) is 2.63. The van der Waals surface area contributed by atoms with Crippen molar-refractivity contribution >= 4 is 20.7 Å². The van der Waals surface area contributed by atoms with Crippen molar-refractivity contribution in [3.63, 3.8) is 0 Å². The van der Waals surface area contributed by atoms with Gasteiger partial charge in [0.05, 0.1) is 0 Å². The monoisotopic (exact) mass is 292 g/mol. The van der Waals surface area contributed by atoms with Crippen LogP contribution in [0.2, 0.25) is 0 Å². The van der Waals surface area contributed by atoms with E-state index in [2.05, 4.69) is 0 Å². The van der Waals surface area contributed by atoms with Gasteiger partial charge in [0.25, 0.3) is 0 Å². The molecular weight excluding hydrogens is 281 g/mol. The Morgan fingerprint density at radius 2 is 1.71 bits per heavy atom. The van der Waals surface area contributed by atoms with Crippen LogP contribution in [0.4, 0.5) is 22.0 Å². The zero-order chi connectivity index (χ0) is 13.2. The van der Waals surface area contributed by atoms with Crippen LogP contribution < -0.4 is 9.25 Å². The van der Waals surface area contributed by atoms with E-state index in [9.17, 15) is 22.0 Å². The molecule has 1 aromatic rings. The van der Waals surface area contributed by atoms with E-state index in [1.807, 2.05) is 0 Å². The Hall–Kier alpha value is -0.500. The Labute approximate surface area is 102 Å². The summed E-state index contributed by atoms with van der Waals surface area (Å²) in [7, 11) is 1.12. The van der Waals surface area contributed by atoms with E-state index in [0.29, 0.717) is 23.4 Å². The second kappa shape index (κ2) is 5.43. The predicted octanol–water partition coefficient (Wildman–Crippen LogP) is 3.12. The molecule has 1 nitrogen and oxygen atoms in total. The van der Waals surface area contributed by atoms with Crippen molar-refractivity contribution in [1.82, 2.24) is 4.58 Å². The summed E-state index contributed by atoms with van der Waals surface area (Å²) in [6.07, 6.45) is -3.90. The van der Waals surface area contributed by atoms with Crippen LogP contribution in [0.25, 0.3) is 0 Å². The van der Waals surface area contributed by atoms with E-state index >= 15 is 0 Å².